The van der Waals surface area contributed by atoms with Crippen molar-refractivity contribution in [3.8, 4) is 0 Å². The highest BCUT2D eigenvalue weighted by molar-refractivity contribution is 8.15. The number of benzene rings is 1. The van der Waals surface area contributed by atoms with Gasteiger partial charge in [-0.2, -0.15) is 5.10 Å². The monoisotopic (exact) mass is 398 g/mol. The Hall–Kier alpha value is -3.20. The number of rotatable bonds is 6. The number of thioether (sulfide) groups is 1. The van der Waals surface area contributed by atoms with Gasteiger partial charge in [0.15, 0.2) is 11.0 Å². The van der Waals surface area contributed by atoms with Gasteiger partial charge in [-0.25, -0.2) is 0 Å². The van der Waals surface area contributed by atoms with E-state index in [2.05, 4.69) is 20.8 Å². The molecule has 1 aliphatic heterocycles. The van der Waals surface area contributed by atoms with Gasteiger partial charge in [0.1, 0.15) is 16.8 Å². The summed E-state index contributed by atoms with van der Waals surface area (Å²) >= 11 is 1.14. The average molecular weight is 398 g/mol. The topological polar surface area (TPSA) is 113 Å². The van der Waals surface area contributed by atoms with E-state index in [9.17, 15) is 14.4 Å². The number of furan rings is 1. The van der Waals surface area contributed by atoms with Crippen LogP contribution in [0.3, 0.4) is 0 Å². The largest absolute Gasteiger partial charge is 0.460 e. The molecule has 1 aromatic heterocycles. The van der Waals surface area contributed by atoms with Crippen molar-refractivity contribution in [2.45, 2.75) is 25.5 Å². The van der Waals surface area contributed by atoms with Crippen molar-refractivity contribution in [1.82, 2.24) is 5.32 Å². The molecule has 1 fully saturated rings. The first-order valence-electron chi connectivity index (χ1n) is 8.46. The van der Waals surface area contributed by atoms with E-state index in [1.54, 1.807) is 36.4 Å². The van der Waals surface area contributed by atoms with E-state index in [1.165, 1.54) is 13.1 Å². The lowest BCUT2D eigenvalue weighted by atomic mass is 10.1. The molecule has 144 valence electrons. The van der Waals surface area contributed by atoms with Crippen LogP contribution in [0.4, 0.5) is 5.69 Å². The van der Waals surface area contributed by atoms with Crippen LogP contribution in [0.5, 0.6) is 0 Å². The first kappa shape index (κ1) is 19.6. The fourth-order valence-electron chi connectivity index (χ4n) is 2.44. The van der Waals surface area contributed by atoms with Crippen molar-refractivity contribution in [1.29, 1.82) is 0 Å². The van der Waals surface area contributed by atoms with E-state index in [4.69, 9.17) is 4.42 Å². The Kier molecular flexibility index (Phi) is 6.05. The molecule has 28 heavy (non-hydrogen) atoms. The number of amidine groups is 1. The van der Waals surface area contributed by atoms with Crippen LogP contribution in [0.2, 0.25) is 0 Å². The number of nitrogens with zero attached hydrogens (tertiary/aromatic N) is 2. The summed E-state index contributed by atoms with van der Waals surface area (Å²) in [6, 6.07) is 10.2. The molecular weight excluding hydrogens is 380 g/mol. The van der Waals surface area contributed by atoms with Gasteiger partial charge < -0.3 is 15.1 Å². The van der Waals surface area contributed by atoms with Crippen molar-refractivity contribution < 1.29 is 18.8 Å². The summed E-state index contributed by atoms with van der Waals surface area (Å²) < 4.78 is 5.34. The van der Waals surface area contributed by atoms with Gasteiger partial charge in [0.25, 0.3) is 0 Å². The average Bonchev–Trinajstić information content (AvgIpc) is 3.20. The third kappa shape index (κ3) is 5.17. The van der Waals surface area contributed by atoms with Crippen molar-refractivity contribution in [2.75, 3.05) is 5.32 Å². The lowest BCUT2D eigenvalue weighted by Crippen LogP contribution is -2.28. The highest BCUT2D eigenvalue weighted by atomic mass is 32.2. The minimum atomic E-state index is -0.601. The molecule has 2 amide bonds. The predicted octanol–water partition coefficient (Wildman–Crippen LogP) is 2.74. The summed E-state index contributed by atoms with van der Waals surface area (Å²) in [5.41, 5.74) is 1.01. The standard InChI is InChI=1S/C19H18N4O4S/c1-11-6-7-15(27-11)10-20-23-19-22-18(26)16(28-19)9-17(25)21-14-5-3-4-13(8-14)12(2)24/h3-8,10,16H,9H2,1-2H3,(H,21,25)(H,22,23,26)/b20-10+. The van der Waals surface area contributed by atoms with Crippen LogP contribution in [0, 0.1) is 6.92 Å². The Balaban J connectivity index is 1.56. The second kappa shape index (κ2) is 8.66. The van der Waals surface area contributed by atoms with E-state index in [-0.39, 0.29) is 24.0 Å². The zero-order valence-electron chi connectivity index (χ0n) is 15.3. The number of carbonyl (C=O) groups excluding carboxylic acids is 3. The number of amides is 2. The van der Waals surface area contributed by atoms with Crippen LogP contribution in [0.15, 0.2) is 51.0 Å². The number of nitrogens with one attached hydrogen (secondary N) is 2. The summed E-state index contributed by atoms with van der Waals surface area (Å²) in [5, 5.41) is 12.8. The van der Waals surface area contributed by atoms with Gasteiger partial charge >= 0.3 is 0 Å². The number of hydrogen-bond acceptors (Lipinski definition) is 7. The van der Waals surface area contributed by atoms with E-state index >= 15 is 0 Å². The summed E-state index contributed by atoms with van der Waals surface area (Å²) in [7, 11) is 0. The fraction of sp³-hybridized carbons (Fsp3) is 0.211. The molecule has 1 atom stereocenters. The van der Waals surface area contributed by atoms with Crippen LogP contribution in [-0.2, 0) is 9.59 Å². The van der Waals surface area contributed by atoms with E-state index < -0.39 is 5.25 Å². The maximum Gasteiger partial charge on any atom is 0.240 e. The predicted molar refractivity (Wildman–Crippen MR) is 108 cm³/mol. The Labute approximate surface area is 165 Å². The molecule has 3 rings (SSSR count). The van der Waals surface area contributed by atoms with Gasteiger partial charge in [0.2, 0.25) is 11.8 Å². The Morgan fingerprint density at radius 3 is 2.86 bits per heavy atom. The van der Waals surface area contributed by atoms with Crippen molar-refractivity contribution in [3.63, 3.8) is 0 Å². The van der Waals surface area contributed by atoms with Crippen molar-refractivity contribution >= 4 is 46.4 Å². The molecule has 0 saturated carbocycles. The van der Waals surface area contributed by atoms with Gasteiger partial charge in [-0.3, -0.25) is 14.4 Å². The third-order valence-corrected chi connectivity index (χ3v) is 4.87. The summed E-state index contributed by atoms with van der Waals surface area (Å²) in [6.45, 7) is 3.28. The van der Waals surface area contributed by atoms with Crippen molar-refractivity contribution in [2.24, 2.45) is 10.2 Å². The molecule has 1 saturated heterocycles. The van der Waals surface area contributed by atoms with Crippen molar-refractivity contribution in [3.05, 3.63) is 53.5 Å². The van der Waals surface area contributed by atoms with Gasteiger partial charge in [0.05, 0.1) is 6.21 Å². The minimum Gasteiger partial charge on any atom is -0.460 e. The van der Waals surface area contributed by atoms with Gasteiger partial charge in [0, 0.05) is 17.7 Å². The number of Topliss-reactive ketones (excluding diaryl/α,β-unsaturated/α-hetero) is 1. The molecule has 0 spiro atoms. The zero-order chi connectivity index (χ0) is 20.1. The van der Waals surface area contributed by atoms with Crippen LogP contribution in [-0.4, -0.2) is 34.2 Å². The van der Waals surface area contributed by atoms with Crippen LogP contribution >= 0.6 is 11.8 Å². The number of ketones is 1. The number of hydrogen-bond donors (Lipinski definition) is 2. The van der Waals surface area contributed by atoms with Gasteiger partial charge in [-0.1, -0.05) is 23.9 Å². The Morgan fingerprint density at radius 1 is 1.32 bits per heavy atom. The lowest BCUT2D eigenvalue weighted by Gasteiger charge is -2.08. The molecule has 0 aliphatic carbocycles. The molecule has 9 heteroatoms. The Morgan fingerprint density at radius 2 is 2.14 bits per heavy atom. The quantitative estimate of drug-likeness (QED) is 0.441. The maximum atomic E-state index is 12.2. The summed E-state index contributed by atoms with van der Waals surface area (Å²) in [5.74, 6) is 0.593. The SMILES string of the molecule is CC(=O)c1cccc(NC(=O)CC2S/C(=N/N=C/c3ccc(C)o3)NC2=O)c1. The van der Waals surface area contributed by atoms with Crippen LogP contribution < -0.4 is 10.6 Å². The van der Waals surface area contributed by atoms with Gasteiger partial charge in [-0.15, -0.1) is 5.10 Å². The molecule has 2 aromatic rings. The molecule has 0 radical (unpaired) electrons. The lowest BCUT2D eigenvalue weighted by molar-refractivity contribution is -0.122. The van der Waals surface area contributed by atoms with E-state index in [1.807, 2.05) is 6.92 Å². The summed E-state index contributed by atoms with van der Waals surface area (Å²) in [4.78, 5) is 35.7. The second-order valence-corrected chi connectivity index (χ2v) is 7.27. The first-order chi connectivity index (χ1) is 13.4. The van der Waals surface area contributed by atoms with Crippen LogP contribution in [0.25, 0.3) is 0 Å². The van der Waals surface area contributed by atoms with Gasteiger partial charge in [-0.05, 0) is 38.1 Å². The molecular formula is C19H18N4O4S. The highest BCUT2D eigenvalue weighted by Crippen LogP contribution is 2.23. The molecule has 1 aromatic carbocycles. The van der Waals surface area contributed by atoms with E-state index in [0.29, 0.717) is 22.2 Å². The summed E-state index contributed by atoms with van der Waals surface area (Å²) in [6.07, 6.45) is 1.41. The zero-order valence-corrected chi connectivity index (χ0v) is 16.1. The number of aryl methyl sites for hydroxylation is 1. The minimum absolute atomic E-state index is 0.0269. The normalized spacial score (nSPS) is 17.9. The maximum absolute atomic E-state index is 12.2. The molecule has 1 unspecified atom stereocenters. The second-order valence-electron chi connectivity index (χ2n) is 6.08. The molecule has 0 bridgehead atoms. The molecule has 2 N–H and O–H groups in total. The number of carbonyl (C=O) groups is 3. The molecule has 1 aliphatic rings. The highest BCUT2D eigenvalue weighted by Gasteiger charge is 2.32. The smallest absolute Gasteiger partial charge is 0.240 e. The fourth-order valence-corrected chi connectivity index (χ4v) is 3.37. The molecule has 2 heterocycles. The number of anilines is 1. The Bertz CT molecular complexity index is 980. The molecule has 8 nitrogen and oxygen atoms in total. The first-order valence-corrected chi connectivity index (χ1v) is 9.34. The third-order valence-electron chi connectivity index (χ3n) is 3.79. The van der Waals surface area contributed by atoms with Crippen LogP contribution in [0.1, 0.15) is 35.2 Å². The van der Waals surface area contributed by atoms with E-state index in [0.717, 1.165) is 17.5 Å².